The van der Waals surface area contributed by atoms with Crippen molar-refractivity contribution >= 4 is 11.5 Å². The van der Waals surface area contributed by atoms with Crippen LogP contribution in [-0.2, 0) is 0 Å². The minimum Gasteiger partial charge on any atom is -0.397 e. The van der Waals surface area contributed by atoms with Gasteiger partial charge in [-0.05, 0) is 45.6 Å². The highest BCUT2D eigenvalue weighted by atomic mass is 15.2. The van der Waals surface area contributed by atoms with E-state index in [-0.39, 0.29) is 0 Å². The number of hydrogen-bond donors (Lipinski definition) is 1. The Hall–Kier alpha value is -1.29. The molecule has 0 aromatic carbocycles. The number of pyridine rings is 1. The molecule has 1 heterocycles. The Bertz CT molecular complexity index is 336. The number of anilines is 2. The number of aryl methyl sites for hydroxylation is 1. The lowest BCUT2D eigenvalue weighted by atomic mass is 10.2. The van der Waals surface area contributed by atoms with Crippen LogP contribution in [0.5, 0.6) is 0 Å². The lowest BCUT2D eigenvalue weighted by molar-refractivity contribution is 0.401. The van der Waals surface area contributed by atoms with Crippen molar-refractivity contribution in [2.75, 3.05) is 44.9 Å². The summed E-state index contributed by atoms with van der Waals surface area (Å²) in [5.74, 6) is 1.02. The number of hydrogen-bond acceptors (Lipinski definition) is 4. The molecule has 0 fully saturated rings. The Kier molecular flexibility index (Phi) is 4.55. The molecule has 4 nitrogen and oxygen atoms in total. The third kappa shape index (κ3) is 3.70. The Morgan fingerprint density at radius 1 is 1.25 bits per heavy atom. The van der Waals surface area contributed by atoms with E-state index in [4.69, 9.17) is 5.73 Å². The molecule has 0 saturated carbocycles. The van der Waals surface area contributed by atoms with E-state index in [1.807, 2.05) is 13.0 Å². The second-order valence-corrected chi connectivity index (χ2v) is 4.49. The lowest BCUT2D eigenvalue weighted by Crippen LogP contribution is -2.24. The van der Waals surface area contributed by atoms with Crippen molar-refractivity contribution in [1.82, 2.24) is 9.88 Å². The summed E-state index contributed by atoms with van der Waals surface area (Å²) in [6.45, 7) is 4.15. The van der Waals surface area contributed by atoms with Gasteiger partial charge >= 0.3 is 0 Å². The lowest BCUT2D eigenvalue weighted by Gasteiger charge is -2.21. The number of rotatable bonds is 5. The molecule has 0 aliphatic carbocycles. The first kappa shape index (κ1) is 12.8. The van der Waals surface area contributed by atoms with Gasteiger partial charge in [0.05, 0.1) is 11.9 Å². The summed E-state index contributed by atoms with van der Waals surface area (Å²) in [5.41, 5.74) is 7.54. The largest absolute Gasteiger partial charge is 0.397 e. The van der Waals surface area contributed by atoms with Crippen molar-refractivity contribution in [1.29, 1.82) is 0 Å². The van der Waals surface area contributed by atoms with E-state index >= 15 is 0 Å². The maximum atomic E-state index is 5.68. The van der Waals surface area contributed by atoms with E-state index in [2.05, 4.69) is 35.9 Å². The number of nitrogens with zero attached hydrogens (tertiary/aromatic N) is 3. The molecule has 0 aliphatic heterocycles. The van der Waals surface area contributed by atoms with E-state index < -0.39 is 0 Å². The summed E-state index contributed by atoms with van der Waals surface area (Å²) >= 11 is 0. The SMILES string of the molecule is Cc1cc(N)cnc1N(C)CCCN(C)C. The average Bonchev–Trinajstić information content (AvgIpc) is 2.16. The predicted octanol–water partition coefficient (Wildman–Crippen LogP) is 1.36. The van der Waals surface area contributed by atoms with Crippen LogP contribution < -0.4 is 10.6 Å². The smallest absolute Gasteiger partial charge is 0.131 e. The highest BCUT2D eigenvalue weighted by molar-refractivity contribution is 5.52. The Labute approximate surface area is 98.1 Å². The monoisotopic (exact) mass is 222 g/mol. The Balaban J connectivity index is 2.55. The van der Waals surface area contributed by atoms with Crippen LogP contribution in [0.4, 0.5) is 11.5 Å². The van der Waals surface area contributed by atoms with Crippen molar-refractivity contribution in [3.8, 4) is 0 Å². The normalized spacial score (nSPS) is 10.8. The molecule has 0 aliphatic rings. The highest BCUT2D eigenvalue weighted by Crippen LogP contribution is 2.17. The summed E-state index contributed by atoms with van der Waals surface area (Å²) in [4.78, 5) is 8.73. The van der Waals surface area contributed by atoms with Crippen LogP contribution in [0.2, 0.25) is 0 Å². The Morgan fingerprint density at radius 3 is 2.50 bits per heavy atom. The fourth-order valence-corrected chi connectivity index (χ4v) is 1.72. The molecule has 1 aromatic rings. The first-order valence-electron chi connectivity index (χ1n) is 5.58. The minimum atomic E-state index is 0.725. The van der Waals surface area contributed by atoms with Gasteiger partial charge in [-0.3, -0.25) is 0 Å². The second-order valence-electron chi connectivity index (χ2n) is 4.49. The standard InChI is InChI=1S/C12H22N4/c1-10-8-11(13)9-14-12(10)16(4)7-5-6-15(2)3/h8-9H,5-7,13H2,1-4H3. The quantitative estimate of drug-likeness (QED) is 0.817. The molecular weight excluding hydrogens is 200 g/mol. The van der Waals surface area contributed by atoms with Crippen LogP contribution in [0, 0.1) is 6.92 Å². The zero-order chi connectivity index (χ0) is 12.1. The molecule has 1 rings (SSSR count). The highest BCUT2D eigenvalue weighted by Gasteiger charge is 2.06. The summed E-state index contributed by atoms with van der Waals surface area (Å²) in [6.07, 6.45) is 2.85. The van der Waals surface area contributed by atoms with Gasteiger partial charge < -0.3 is 15.5 Å². The van der Waals surface area contributed by atoms with Crippen LogP contribution in [-0.4, -0.2) is 44.1 Å². The van der Waals surface area contributed by atoms with Crippen LogP contribution in [0.1, 0.15) is 12.0 Å². The van der Waals surface area contributed by atoms with Crippen LogP contribution in [0.15, 0.2) is 12.3 Å². The molecule has 0 unspecified atom stereocenters. The zero-order valence-corrected chi connectivity index (χ0v) is 10.7. The molecule has 90 valence electrons. The molecule has 0 spiro atoms. The molecule has 1 aromatic heterocycles. The fraction of sp³-hybridized carbons (Fsp3) is 0.583. The molecule has 2 N–H and O–H groups in total. The third-order valence-electron chi connectivity index (χ3n) is 2.53. The van der Waals surface area contributed by atoms with E-state index in [0.717, 1.165) is 36.6 Å². The molecule has 16 heavy (non-hydrogen) atoms. The fourth-order valence-electron chi connectivity index (χ4n) is 1.72. The maximum absolute atomic E-state index is 5.68. The van der Waals surface area contributed by atoms with Crippen molar-refractivity contribution in [2.45, 2.75) is 13.3 Å². The molecular formula is C12H22N4. The first-order chi connectivity index (χ1) is 7.50. The average molecular weight is 222 g/mol. The third-order valence-corrected chi connectivity index (χ3v) is 2.53. The van der Waals surface area contributed by atoms with Gasteiger partial charge in [0.1, 0.15) is 5.82 Å². The van der Waals surface area contributed by atoms with Crippen LogP contribution in [0.25, 0.3) is 0 Å². The summed E-state index contributed by atoms with van der Waals surface area (Å²) in [6, 6.07) is 1.96. The molecule has 4 heteroatoms. The Morgan fingerprint density at radius 2 is 1.94 bits per heavy atom. The van der Waals surface area contributed by atoms with Gasteiger partial charge in [-0.1, -0.05) is 0 Å². The number of nitrogens with two attached hydrogens (primary N) is 1. The van der Waals surface area contributed by atoms with Gasteiger partial charge in [-0.2, -0.15) is 0 Å². The van der Waals surface area contributed by atoms with Crippen molar-refractivity contribution in [3.05, 3.63) is 17.8 Å². The first-order valence-corrected chi connectivity index (χ1v) is 5.58. The number of aromatic nitrogens is 1. The minimum absolute atomic E-state index is 0.725. The topological polar surface area (TPSA) is 45.4 Å². The predicted molar refractivity (Wildman–Crippen MR) is 69.8 cm³/mol. The molecule has 0 saturated heterocycles. The number of nitrogen functional groups attached to an aromatic ring is 1. The van der Waals surface area contributed by atoms with Gasteiger partial charge in [0.25, 0.3) is 0 Å². The van der Waals surface area contributed by atoms with Crippen LogP contribution >= 0.6 is 0 Å². The van der Waals surface area contributed by atoms with Gasteiger partial charge in [0.15, 0.2) is 0 Å². The summed E-state index contributed by atoms with van der Waals surface area (Å²) in [7, 11) is 6.25. The van der Waals surface area contributed by atoms with Gasteiger partial charge in [0.2, 0.25) is 0 Å². The van der Waals surface area contributed by atoms with E-state index in [1.54, 1.807) is 6.20 Å². The summed E-state index contributed by atoms with van der Waals surface area (Å²) in [5, 5.41) is 0. The maximum Gasteiger partial charge on any atom is 0.131 e. The van der Waals surface area contributed by atoms with Gasteiger partial charge in [-0.25, -0.2) is 4.98 Å². The van der Waals surface area contributed by atoms with E-state index in [0.29, 0.717) is 0 Å². The molecule has 0 bridgehead atoms. The van der Waals surface area contributed by atoms with Gasteiger partial charge in [0, 0.05) is 13.6 Å². The molecule has 0 amide bonds. The van der Waals surface area contributed by atoms with Crippen molar-refractivity contribution < 1.29 is 0 Å². The summed E-state index contributed by atoms with van der Waals surface area (Å²) < 4.78 is 0. The van der Waals surface area contributed by atoms with Crippen LogP contribution in [0.3, 0.4) is 0 Å². The molecule has 0 radical (unpaired) electrons. The van der Waals surface area contributed by atoms with Gasteiger partial charge in [-0.15, -0.1) is 0 Å². The van der Waals surface area contributed by atoms with Crippen molar-refractivity contribution in [3.63, 3.8) is 0 Å². The zero-order valence-electron chi connectivity index (χ0n) is 10.7. The van der Waals surface area contributed by atoms with E-state index in [9.17, 15) is 0 Å². The van der Waals surface area contributed by atoms with Crippen molar-refractivity contribution in [2.24, 2.45) is 0 Å². The van der Waals surface area contributed by atoms with E-state index in [1.165, 1.54) is 0 Å². The second kappa shape index (κ2) is 5.70. The molecule has 0 atom stereocenters.